The second-order valence-electron chi connectivity index (χ2n) is 7.39. The molecule has 1 aromatic rings. The second-order valence-corrected chi connectivity index (χ2v) is 7.39. The maximum atomic E-state index is 13.1. The van der Waals surface area contributed by atoms with E-state index in [0.29, 0.717) is 25.9 Å². The summed E-state index contributed by atoms with van der Waals surface area (Å²) in [7, 11) is 0. The fourth-order valence-electron chi connectivity index (χ4n) is 3.49. The Morgan fingerprint density at radius 1 is 1.30 bits per heavy atom. The van der Waals surface area contributed by atoms with E-state index < -0.39 is 17.7 Å². The van der Waals surface area contributed by atoms with Gasteiger partial charge < -0.3 is 15.0 Å². The number of amides is 2. The topological polar surface area (TPSA) is 84.4 Å². The molecule has 27 heavy (non-hydrogen) atoms. The number of carbonyl (C=O) groups excluding carboxylic acids is 2. The number of hydrogen-bond acceptors (Lipinski definition) is 5. The molecule has 1 aromatic heterocycles. The van der Waals surface area contributed by atoms with E-state index in [1.807, 2.05) is 0 Å². The van der Waals surface area contributed by atoms with Crippen LogP contribution in [0.5, 0.6) is 0 Å². The van der Waals surface area contributed by atoms with Crippen LogP contribution in [0.2, 0.25) is 0 Å². The molecule has 146 valence electrons. The smallest absolute Gasteiger partial charge is 0.407 e. The van der Waals surface area contributed by atoms with E-state index in [1.165, 1.54) is 12.4 Å². The summed E-state index contributed by atoms with van der Waals surface area (Å²) in [4.78, 5) is 32.7. The number of alkyl carbamates (subject to hydrolysis) is 1. The van der Waals surface area contributed by atoms with Crippen molar-refractivity contribution in [3.63, 3.8) is 0 Å². The van der Waals surface area contributed by atoms with Gasteiger partial charge in [-0.1, -0.05) is 0 Å². The predicted molar refractivity (Wildman–Crippen MR) is 85.8 cm³/mol. The van der Waals surface area contributed by atoms with E-state index in [0.717, 1.165) is 5.56 Å². The SMILES string of the molecule is O=C1N[C@H](CCC(=O)N2CC(c3cnc(C4(C(F)(F)F)CC4)nc3)C2)CO1. The maximum absolute atomic E-state index is 13.1. The minimum Gasteiger partial charge on any atom is -0.447 e. The first-order valence-corrected chi connectivity index (χ1v) is 8.89. The van der Waals surface area contributed by atoms with E-state index in [9.17, 15) is 22.8 Å². The Balaban J connectivity index is 1.27. The van der Waals surface area contributed by atoms with Gasteiger partial charge in [-0.2, -0.15) is 13.2 Å². The largest absolute Gasteiger partial charge is 0.447 e. The van der Waals surface area contributed by atoms with Gasteiger partial charge >= 0.3 is 12.3 Å². The Kier molecular flexibility index (Phi) is 4.23. The summed E-state index contributed by atoms with van der Waals surface area (Å²) in [6.45, 7) is 1.27. The standard InChI is InChI=1S/C17H19F3N4O3/c18-17(19,20)16(3-4-16)14-21-5-10(6-22-14)11-7-24(8-11)13(25)2-1-12-9-27-15(26)23-12/h5-6,11-12H,1-4,7-9H2,(H,23,26)/t12-/m1/s1. The highest BCUT2D eigenvalue weighted by Gasteiger charge is 2.66. The minimum atomic E-state index is -4.32. The normalized spacial score (nSPS) is 24.2. The third-order valence-corrected chi connectivity index (χ3v) is 5.54. The number of hydrogen-bond donors (Lipinski definition) is 1. The molecule has 0 spiro atoms. The highest BCUT2D eigenvalue weighted by Crippen LogP contribution is 2.57. The highest BCUT2D eigenvalue weighted by molar-refractivity contribution is 5.77. The van der Waals surface area contributed by atoms with Crippen LogP contribution in [0.4, 0.5) is 18.0 Å². The lowest BCUT2D eigenvalue weighted by molar-refractivity contribution is -0.162. The zero-order valence-electron chi connectivity index (χ0n) is 14.5. The van der Waals surface area contributed by atoms with Gasteiger partial charge in [-0.3, -0.25) is 4.79 Å². The van der Waals surface area contributed by atoms with E-state index in [2.05, 4.69) is 15.3 Å². The number of aromatic nitrogens is 2. The molecule has 2 aliphatic heterocycles. The fourth-order valence-corrected chi connectivity index (χ4v) is 3.49. The van der Waals surface area contributed by atoms with E-state index in [-0.39, 0.29) is 43.1 Å². The molecule has 3 fully saturated rings. The Morgan fingerprint density at radius 3 is 2.48 bits per heavy atom. The van der Waals surface area contributed by atoms with Crippen LogP contribution in [0.25, 0.3) is 0 Å². The third-order valence-electron chi connectivity index (χ3n) is 5.54. The number of ether oxygens (including phenoxy) is 1. The van der Waals surface area contributed by atoms with Crippen LogP contribution < -0.4 is 5.32 Å². The van der Waals surface area contributed by atoms with Crippen molar-refractivity contribution in [1.29, 1.82) is 0 Å². The lowest BCUT2D eigenvalue weighted by Gasteiger charge is -2.39. The number of halogens is 3. The average molecular weight is 384 g/mol. The number of likely N-dealkylation sites (tertiary alicyclic amines) is 1. The molecule has 1 aliphatic carbocycles. The van der Waals surface area contributed by atoms with Crippen LogP contribution in [-0.2, 0) is 14.9 Å². The van der Waals surface area contributed by atoms with E-state index in [1.54, 1.807) is 4.90 Å². The summed E-state index contributed by atoms with van der Waals surface area (Å²) in [5.41, 5.74) is -1.12. The van der Waals surface area contributed by atoms with Crippen molar-refractivity contribution < 1.29 is 27.5 Å². The van der Waals surface area contributed by atoms with Gasteiger partial charge in [0.1, 0.15) is 17.8 Å². The molecule has 2 amide bonds. The molecule has 1 N–H and O–H groups in total. The number of nitrogens with one attached hydrogen (secondary N) is 1. The van der Waals surface area contributed by atoms with Crippen molar-refractivity contribution in [1.82, 2.24) is 20.2 Å². The first-order chi connectivity index (χ1) is 12.8. The summed E-state index contributed by atoms with van der Waals surface area (Å²) >= 11 is 0. The van der Waals surface area contributed by atoms with Crippen molar-refractivity contribution in [3.05, 3.63) is 23.8 Å². The lowest BCUT2D eigenvalue weighted by atomic mass is 9.93. The van der Waals surface area contributed by atoms with Crippen molar-refractivity contribution in [2.24, 2.45) is 0 Å². The van der Waals surface area contributed by atoms with Gasteiger partial charge in [-0.05, 0) is 24.8 Å². The third kappa shape index (κ3) is 3.32. The van der Waals surface area contributed by atoms with Crippen molar-refractivity contribution in [2.75, 3.05) is 19.7 Å². The molecule has 2 saturated heterocycles. The number of cyclic esters (lactones) is 1. The molecule has 10 heteroatoms. The maximum Gasteiger partial charge on any atom is 0.407 e. The van der Waals surface area contributed by atoms with Gasteiger partial charge in [-0.15, -0.1) is 0 Å². The first-order valence-electron chi connectivity index (χ1n) is 8.89. The zero-order chi connectivity index (χ0) is 19.2. The molecular formula is C17H19F3N4O3. The molecule has 0 bridgehead atoms. The first kappa shape index (κ1) is 18.0. The summed E-state index contributed by atoms with van der Waals surface area (Å²) in [5.74, 6) is -0.135. The van der Waals surface area contributed by atoms with Gasteiger partial charge in [-0.25, -0.2) is 14.8 Å². The van der Waals surface area contributed by atoms with E-state index in [4.69, 9.17) is 4.74 Å². The molecule has 1 atom stereocenters. The molecule has 1 saturated carbocycles. The molecule has 7 nitrogen and oxygen atoms in total. The monoisotopic (exact) mass is 384 g/mol. The Hall–Kier alpha value is -2.39. The average Bonchev–Trinajstić information content (AvgIpc) is 3.30. The predicted octanol–water partition coefficient (Wildman–Crippen LogP) is 1.88. The number of nitrogens with zero attached hydrogens (tertiary/aromatic N) is 3. The summed E-state index contributed by atoms with van der Waals surface area (Å²) in [6, 6.07) is -0.136. The molecule has 0 radical (unpaired) electrons. The van der Waals surface area contributed by atoms with Gasteiger partial charge in [0.2, 0.25) is 5.91 Å². The fraction of sp³-hybridized carbons (Fsp3) is 0.647. The lowest BCUT2D eigenvalue weighted by Crippen LogP contribution is -2.48. The quantitative estimate of drug-likeness (QED) is 0.838. The van der Waals surface area contributed by atoms with Crippen molar-refractivity contribution in [3.8, 4) is 0 Å². The van der Waals surface area contributed by atoms with Gasteiger partial charge in [0.15, 0.2) is 0 Å². The molecule has 3 aliphatic rings. The zero-order valence-corrected chi connectivity index (χ0v) is 14.5. The van der Waals surface area contributed by atoms with Gasteiger partial charge in [0, 0.05) is 37.8 Å². The Morgan fingerprint density at radius 2 is 1.96 bits per heavy atom. The van der Waals surface area contributed by atoms with E-state index >= 15 is 0 Å². The van der Waals surface area contributed by atoms with Gasteiger partial charge in [0.05, 0.1) is 6.04 Å². The molecular weight excluding hydrogens is 365 g/mol. The van der Waals surface area contributed by atoms with Crippen LogP contribution in [0, 0.1) is 0 Å². The summed E-state index contributed by atoms with van der Waals surface area (Å²) < 4.78 is 44.1. The molecule has 0 unspecified atom stereocenters. The Bertz CT molecular complexity index is 743. The number of carbonyl (C=O) groups is 2. The van der Waals surface area contributed by atoms with Gasteiger partial charge in [0.25, 0.3) is 0 Å². The van der Waals surface area contributed by atoms with Crippen molar-refractivity contribution in [2.45, 2.75) is 49.2 Å². The second kappa shape index (κ2) is 6.35. The van der Waals surface area contributed by atoms with Crippen LogP contribution in [0.3, 0.4) is 0 Å². The van der Waals surface area contributed by atoms with Crippen LogP contribution in [0.1, 0.15) is 43.0 Å². The molecule has 3 heterocycles. The van der Waals surface area contributed by atoms with Crippen LogP contribution >= 0.6 is 0 Å². The molecule has 0 aromatic carbocycles. The Labute approximate surface area is 153 Å². The number of alkyl halides is 3. The minimum absolute atomic E-state index is 0.0149. The summed E-state index contributed by atoms with van der Waals surface area (Å²) in [6.07, 6.45) is -0.982. The highest BCUT2D eigenvalue weighted by atomic mass is 19.4. The molecule has 4 rings (SSSR count). The van der Waals surface area contributed by atoms with Crippen molar-refractivity contribution >= 4 is 12.0 Å². The van der Waals surface area contributed by atoms with Crippen LogP contribution in [0.15, 0.2) is 12.4 Å². The van der Waals surface area contributed by atoms with Crippen LogP contribution in [-0.4, -0.2) is 58.8 Å². The number of rotatable bonds is 5. The summed E-state index contributed by atoms with van der Waals surface area (Å²) in [5, 5.41) is 2.62.